The highest BCUT2D eigenvalue weighted by Crippen LogP contribution is 2.26. The molecule has 1 aliphatic heterocycles. The van der Waals surface area contributed by atoms with Crippen LogP contribution in [0.15, 0.2) is 6.07 Å². The first kappa shape index (κ1) is 14.1. The predicted molar refractivity (Wildman–Crippen MR) is 74.9 cm³/mol. The van der Waals surface area contributed by atoms with Crippen LogP contribution in [0.25, 0.3) is 0 Å². The van der Waals surface area contributed by atoms with Crippen LogP contribution in [0.2, 0.25) is 0 Å². The second-order valence-corrected chi connectivity index (χ2v) is 6.55. The lowest BCUT2D eigenvalue weighted by Gasteiger charge is -2.24. The van der Waals surface area contributed by atoms with Gasteiger partial charge in [0.25, 0.3) is 0 Å². The molecule has 0 spiro atoms. The lowest BCUT2D eigenvalue weighted by molar-refractivity contribution is -0.129. The van der Waals surface area contributed by atoms with Crippen LogP contribution in [0.3, 0.4) is 0 Å². The maximum atomic E-state index is 12.0. The normalized spacial score (nSPS) is 20.9. The summed E-state index contributed by atoms with van der Waals surface area (Å²) < 4.78 is 0. The highest BCUT2D eigenvalue weighted by molar-refractivity contribution is 8.14. The summed E-state index contributed by atoms with van der Waals surface area (Å²) >= 11 is 1.27. The highest BCUT2D eigenvalue weighted by Gasteiger charge is 2.33. The number of carbonyl (C=O) groups is 2. The number of thioether (sulfide) groups is 1. The molecule has 1 amide bonds. The lowest BCUT2D eigenvalue weighted by Crippen LogP contribution is -2.36. The molecule has 0 aromatic carbocycles. The molecular formula is C13H19N3O2S. The Morgan fingerprint density at radius 2 is 2.42 bits per heavy atom. The van der Waals surface area contributed by atoms with Crippen LogP contribution < -0.4 is 0 Å². The molecule has 19 heavy (non-hydrogen) atoms. The number of hydrogen-bond donors (Lipinski definition) is 1. The predicted octanol–water partition coefficient (Wildman–Crippen LogP) is 1.53. The molecule has 0 bridgehead atoms. The second-order valence-electron chi connectivity index (χ2n) is 5.08. The van der Waals surface area contributed by atoms with Gasteiger partial charge in [-0.1, -0.05) is 11.8 Å². The van der Waals surface area contributed by atoms with Gasteiger partial charge in [-0.15, -0.1) is 0 Å². The number of H-pyrrole nitrogens is 1. The average molecular weight is 281 g/mol. The molecule has 1 fully saturated rings. The van der Waals surface area contributed by atoms with Crippen molar-refractivity contribution in [3.05, 3.63) is 17.5 Å². The Balaban J connectivity index is 1.94. The van der Waals surface area contributed by atoms with E-state index in [0.717, 1.165) is 17.8 Å². The van der Waals surface area contributed by atoms with Crippen LogP contribution in [0, 0.1) is 6.92 Å². The zero-order chi connectivity index (χ0) is 14.0. The molecule has 5 nitrogen and oxygen atoms in total. The SMILES string of the molecule is CC(=O)SC1CC(=O)N(C(C)Cc2cc(C)[nH]n2)C1. The molecule has 6 heteroatoms. The van der Waals surface area contributed by atoms with E-state index < -0.39 is 0 Å². The minimum absolute atomic E-state index is 0.0789. The minimum Gasteiger partial charge on any atom is -0.338 e. The number of likely N-dealkylation sites (tertiary alicyclic amines) is 1. The minimum atomic E-state index is 0.0789. The molecule has 2 rings (SSSR count). The van der Waals surface area contributed by atoms with Gasteiger partial charge in [-0.05, 0) is 19.9 Å². The van der Waals surface area contributed by atoms with Crippen LogP contribution in [0.1, 0.15) is 31.7 Å². The molecular weight excluding hydrogens is 262 g/mol. The molecule has 104 valence electrons. The largest absolute Gasteiger partial charge is 0.338 e. The molecule has 0 saturated carbocycles. The van der Waals surface area contributed by atoms with E-state index in [-0.39, 0.29) is 22.3 Å². The maximum Gasteiger partial charge on any atom is 0.224 e. The maximum absolute atomic E-state index is 12.0. The Hall–Kier alpha value is -1.30. The van der Waals surface area contributed by atoms with Crippen molar-refractivity contribution in [2.45, 2.75) is 44.9 Å². The molecule has 2 atom stereocenters. The molecule has 1 N–H and O–H groups in total. The fourth-order valence-electron chi connectivity index (χ4n) is 2.43. The average Bonchev–Trinajstić information content (AvgIpc) is 2.84. The van der Waals surface area contributed by atoms with Crippen molar-refractivity contribution in [1.82, 2.24) is 15.1 Å². The number of aromatic amines is 1. The summed E-state index contributed by atoms with van der Waals surface area (Å²) in [4.78, 5) is 24.9. The number of amides is 1. The van der Waals surface area contributed by atoms with Crippen LogP contribution in [0.4, 0.5) is 0 Å². The van der Waals surface area contributed by atoms with Crippen LogP contribution in [-0.4, -0.2) is 44.0 Å². The van der Waals surface area contributed by atoms with Gasteiger partial charge >= 0.3 is 0 Å². The van der Waals surface area contributed by atoms with Crippen LogP contribution in [0.5, 0.6) is 0 Å². The first-order chi connectivity index (χ1) is 8.95. The van der Waals surface area contributed by atoms with Crippen molar-refractivity contribution in [2.75, 3.05) is 6.54 Å². The van der Waals surface area contributed by atoms with Gasteiger partial charge < -0.3 is 4.90 Å². The molecule has 0 radical (unpaired) electrons. The van der Waals surface area contributed by atoms with Gasteiger partial charge in [-0.2, -0.15) is 5.10 Å². The Morgan fingerprint density at radius 3 is 3.00 bits per heavy atom. The smallest absolute Gasteiger partial charge is 0.224 e. The van der Waals surface area contributed by atoms with Gasteiger partial charge in [0, 0.05) is 43.3 Å². The van der Waals surface area contributed by atoms with Crippen molar-refractivity contribution >= 4 is 22.8 Å². The van der Waals surface area contributed by atoms with E-state index in [1.807, 2.05) is 24.8 Å². The fraction of sp³-hybridized carbons (Fsp3) is 0.615. The first-order valence-electron chi connectivity index (χ1n) is 6.43. The Kier molecular flexibility index (Phi) is 4.29. The summed E-state index contributed by atoms with van der Waals surface area (Å²) in [5, 5.41) is 7.29. The van der Waals surface area contributed by atoms with E-state index in [2.05, 4.69) is 10.2 Å². The zero-order valence-corrected chi connectivity index (χ0v) is 12.3. The summed E-state index contributed by atoms with van der Waals surface area (Å²) in [6, 6.07) is 2.12. The number of carbonyl (C=O) groups excluding carboxylic acids is 2. The quantitative estimate of drug-likeness (QED) is 0.909. The van der Waals surface area contributed by atoms with Crippen LogP contribution >= 0.6 is 11.8 Å². The summed E-state index contributed by atoms with van der Waals surface area (Å²) in [5.41, 5.74) is 2.00. The molecule has 1 aliphatic rings. The van der Waals surface area contributed by atoms with Crippen molar-refractivity contribution in [3.8, 4) is 0 Å². The van der Waals surface area contributed by atoms with Crippen LogP contribution in [-0.2, 0) is 16.0 Å². The topological polar surface area (TPSA) is 66.1 Å². The van der Waals surface area contributed by atoms with Crippen molar-refractivity contribution in [3.63, 3.8) is 0 Å². The molecule has 2 unspecified atom stereocenters. The van der Waals surface area contributed by atoms with Gasteiger partial charge in [0.2, 0.25) is 5.91 Å². The lowest BCUT2D eigenvalue weighted by atomic mass is 10.1. The molecule has 1 aromatic heterocycles. The molecule has 1 saturated heterocycles. The number of rotatable bonds is 4. The Bertz CT molecular complexity index is 486. The standard InChI is InChI=1S/C13H19N3O2S/c1-8-4-11(15-14-8)5-9(2)16-7-12(6-13(16)18)19-10(3)17/h4,9,12H,5-7H2,1-3H3,(H,14,15). The molecule has 0 aliphatic carbocycles. The fourth-order valence-corrected chi connectivity index (χ4v) is 3.36. The van der Waals surface area contributed by atoms with Gasteiger partial charge in [0.05, 0.1) is 5.69 Å². The highest BCUT2D eigenvalue weighted by atomic mass is 32.2. The summed E-state index contributed by atoms with van der Waals surface area (Å²) in [7, 11) is 0. The Labute approximate surface area is 117 Å². The Morgan fingerprint density at radius 1 is 1.68 bits per heavy atom. The van der Waals surface area contributed by atoms with Crippen molar-refractivity contribution in [1.29, 1.82) is 0 Å². The monoisotopic (exact) mass is 281 g/mol. The van der Waals surface area contributed by atoms with E-state index in [4.69, 9.17) is 0 Å². The molecule has 1 aromatic rings. The van der Waals surface area contributed by atoms with Gasteiger partial charge in [0.1, 0.15) is 0 Å². The van der Waals surface area contributed by atoms with E-state index >= 15 is 0 Å². The van der Waals surface area contributed by atoms with Crippen molar-refractivity contribution < 1.29 is 9.59 Å². The van der Waals surface area contributed by atoms with E-state index in [1.165, 1.54) is 11.8 Å². The first-order valence-corrected chi connectivity index (χ1v) is 7.31. The third kappa shape index (κ3) is 3.59. The molecule has 2 heterocycles. The van der Waals surface area contributed by atoms with Gasteiger partial charge in [0.15, 0.2) is 5.12 Å². The third-order valence-electron chi connectivity index (χ3n) is 3.25. The van der Waals surface area contributed by atoms with Gasteiger partial charge in [-0.25, -0.2) is 0 Å². The number of nitrogens with one attached hydrogen (secondary N) is 1. The third-order valence-corrected chi connectivity index (χ3v) is 4.23. The summed E-state index contributed by atoms with van der Waals surface area (Å²) in [6.07, 6.45) is 1.21. The van der Waals surface area contributed by atoms with E-state index in [9.17, 15) is 9.59 Å². The zero-order valence-electron chi connectivity index (χ0n) is 11.5. The summed E-state index contributed by atoms with van der Waals surface area (Å²) in [5.74, 6) is 0.138. The number of nitrogens with zero attached hydrogens (tertiary/aromatic N) is 2. The summed E-state index contributed by atoms with van der Waals surface area (Å²) in [6.45, 7) is 6.20. The van der Waals surface area contributed by atoms with E-state index in [0.29, 0.717) is 13.0 Å². The van der Waals surface area contributed by atoms with Gasteiger partial charge in [-0.3, -0.25) is 14.7 Å². The van der Waals surface area contributed by atoms with E-state index in [1.54, 1.807) is 6.92 Å². The number of hydrogen-bond acceptors (Lipinski definition) is 4. The second kappa shape index (κ2) is 5.77. The van der Waals surface area contributed by atoms with Crippen molar-refractivity contribution in [2.24, 2.45) is 0 Å². The number of aromatic nitrogens is 2. The number of aryl methyl sites for hydroxylation is 1.